The normalized spacial score (nSPS) is 10.1. The third-order valence-electron chi connectivity index (χ3n) is 5.83. The summed E-state index contributed by atoms with van der Waals surface area (Å²) in [6.45, 7) is 6.03. The highest BCUT2D eigenvalue weighted by atomic mass is 16.7. The molecule has 0 amide bonds. The number of ether oxygens (including phenoxy) is 6. The maximum atomic E-state index is 12.5. The van der Waals surface area contributed by atoms with E-state index in [0.717, 1.165) is 23.3 Å². The Hall–Kier alpha value is -6.16. The van der Waals surface area contributed by atoms with Crippen molar-refractivity contribution in [2.24, 2.45) is 0 Å². The molecule has 0 aromatic heterocycles. The molecule has 0 atom stereocenters. The summed E-state index contributed by atoms with van der Waals surface area (Å²) in [6.07, 6.45) is 2.06. The molecule has 10 nitrogen and oxygen atoms in total. The number of esters is 4. The molecule has 0 fully saturated rings. The van der Waals surface area contributed by atoms with Gasteiger partial charge < -0.3 is 28.4 Å². The molecule has 4 aromatic rings. The van der Waals surface area contributed by atoms with Crippen LogP contribution in [0.5, 0.6) is 23.0 Å². The minimum atomic E-state index is -0.603. The Morgan fingerprint density at radius 2 is 0.795 bits per heavy atom. The summed E-state index contributed by atoms with van der Waals surface area (Å²) in [5.74, 6) is -0.772. The topological polar surface area (TPSA) is 124 Å². The SMILES string of the molecule is C=CC(=O)OCOc1ccc(C(=O)Oc2ccc(-c3ccc(OC(=O)c4ccc(OCOC(=O)C=C)cc4)cc3)cc2)cc1. The van der Waals surface area contributed by atoms with Gasteiger partial charge in [-0.3, -0.25) is 0 Å². The maximum Gasteiger partial charge on any atom is 0.343 e. The quantitative estimate of drug-likeness (QED) is 0.0797. The highest BCUT2D eigenvalue weighted by Gasteiger charge is 2.11. The second kappa shape index (κ2) is 15.2. The molecule has 0 aliphatic heterocycles. The van der Waals surface area contributed by atoms with Gasteiger partial charge in [-0.2, -0.15) is 0 Å². The van der Waals surface area contributed by atoms with Crippen molar-refractivity contribution in [1.82, 2.24) is 0 Å². The van der Waals surface area contributed by atoms with E-state index in [9.17, 15) is 19.2 Å². The Bertz CT molecular complexity index is 1500. The minimum absolute atomic E-state index is 0.278. The fraction of sp³-hybridized carbons (Fsp3) is 0.0588. The van der Waals surface area contributed by atoms with Gasteiger partial charge in [-0.15, -0.1) is 0 Å². The van der Waals surface area contributed by atoms with E-state index < -0.39 is 23.9 Å². The van der Waals surface area contributed by atoms with Gasteiger partial charge in [0.2, 0.25) is 13.6 Å². The molecule has 4 aromatic carbocycles. The van der Waals surface area contributed by atoms with Gasteiger partial charge in [0.1, 0.15) is 23.0 Å². The largest absolute Gasteiger partial charge is 0.457 e. The smallest absolute Gasteiger partial charge is 0.343 e. The van der Waals surface area contributed by atoms with Crippen LogP contribution in [0.25, 0.3) is 11.1 Å². The standard InChI is InChI=1S/C34H26O10/c1-3-31(35)41-21-39-27-13-9-25(10-14-27)33(37)43-29-17-5-23(6-18-29)24-7-19-30(20-8-24)44-34(38)26-11-15-28(16-12-26)40-22-42-32(36)4-2/h3-20H,1-2,21-22H2. The van der Waals surface area contributed by atoms with E-state index in [1.54, 1.807) is 72.8 Å². The fourth-order valence-corrected chi connectivity index (χ4v) is 3.57. The van der Waals surface area contributed by atoms with Crippen molar-refractivity contribution < 1.29 is 47.6 Å². The fourth-order valence-electron chi connectivity index (χ4n) is 3.57. The van der Waals surface area contributed by atoms with Crippen LogP contribution in [0.1, 0.15) is 20.7 Å². The van der Waals surface area contributed by atoms with Crippen molar-refractivity contribution in [2.75, 3.05) is 13.6 Å². The number of hydrogen-bond acceptors (Lipinski definition) is 10. The highest BCUT2D eigenvalue weighted by Crippen LogP contribution is 2.26. The van der Waals surface area contributed by atoms with E-state index in [4.69, 9.17) is 28.4 Å². The van der Waals surface area contributed by atoms with Crippen LogP contribution in [0.4, 0.5) is 0 Å². The van der Waals surface area contributed by atoms with Crippen LogP contribution in [0, 0.1) is 0 Å². The zero-order valence-corrected chi connectivity index (χ0v) is 23.3. The van der Waals surface area contributed by atoms with Gasteiger partial charge >= 0.3 is 23.9 Å². The number of carbonyl (C=O) groups excluding carboxylic acids is 4. The van der Waals surface area contributed by atoms with E-state index in [2.05, 4.69) is 13.2 Å². The van der Waals surface area contributed by atoms with Gasteiger partial charge in [0.15, 0.2) is 0 Å². The first-order chi connectivity index (χ1) is 21.3. The molecule has 10 heteroatoms. The Kier molecular flexibility index (Phi) is 10.6. The van der Waals surface area contributed by atoms with Crippen LogP contribution < -0.4 is 18.9 Å². The lowest BCUT2D eigenvalue weighted by atomic mass is 10.1. The first kappa shape index (κ1) is 30.8. The van der Waals surface area contributed by atoms with Gasteiger partial charge in [-0.05, 0) is 83.9 Å². The van der Waals surface area contributed by atoms with Gasteiger partial charge in [-0.1, -0.05) is 37.4 Å². The average Bonchev–Trinajstić information content (AvgIpc) is 3.06. The minimum Gasteiger partial charge on any atom is -0.457 e. The van der Waals surface area contributed by atoms with E-state index >= 15 is 0 Å². The summed E-state index contributed by atoms with van der Waals surface area (Å²) in [5.41, 5.74) is 2.34. The molecule has 0 spiro atoms. The maximum absolute atomic E-state index is 12.5. The summed E-state index contributed by atoms with van der Waals surface area (Å²) >= 11 is 0. The first-order valence-electron chi connectivity index (χ1n) is 13.0. The second-order valence-corrected chi connectivity index (χ2v) is 8.74. The third kappa shape index (κ3) is 8.92. The molecule has 0 heterocycles. The number of carbonyl (C=O) groups is 4. The summed E-state index contributed by atoms with van der Waals surface area (Å²) in [7, 11) is 0. The molecular weight excluding hydrogens is 568 g/mol. The molecule has 0 N–H and O–H groups in total. The Labute approximate surface area is 252 Å². The van der Waals surface area contributed by atoms with Crippen LogP contribution >= 0.6 is 0 Å². The van der Waals surface area contributed by atoms with Gasteiger partial charge in [0.05, 0.1) is 11.1 Å². The molecule has 0 saturated heterocycles. The molecular formula is C34H26O10. The van der Waals surface area contributed by atoms with E-state index in [-0.39, 0.29) is 13.6 Å². The molecule has 0 radical (unpaired) electrons. The third-order valence-corrected chi connectivity index (χ3v) is 5.83. The molecule has 0 aliphatic carbocycles. The zero-order chi connectivity index (χ0) is 31.3. The molecule has 0 bridgehead atoms. The van der Waals surface area contributed by atoms with E-state index in [0.29, 0.717) is 34.1 Å². The molecule has 0 unspecified atom stereocenters. The zero-order valence-electron chi connectivity index (χ0n) is 23.3. The summed E-state index contributed by atoms with van der Waals surface area (Å²) < 4.78 is 30.9. The van der Waals surface area contributed by atoms with Crippen molar-refractivity contribution in [3.63, 3.8) is 0 Å². The molecule has 44 heavy (non-hydrogen) atoms. The van der Waals surface area contributed by atoms with Crippen molar-refractivity contribution in [3.8, 4) is 34.1 Å². The lowest BCUT2D eigenvalue weighted by Gasteiger charge is -2.09. The van der Waals surface area contributed by atoms with Crippen LogP contribution in [0.3, 0.4) is 0 Å². The van der Waals surface area contributed by atoms with Crippen molar-refractivity contribution in [1.29, 1.82) is 0 Å². The van der Waals surface area contributed by atoms with Crippen LogP contribution in [0.15, 0.2) is 122 Å². The Morgan fingerprint density at radius 3 is 1.11 bits per heavy atom. The van der Waals surface area contributed by atoms with Crippen molar-refractivity contribution >= 4 is 23.9 Å². The van der Waals surface area contributed by atoms with Gasteiger partial charge in [0, 0.05) is 12.2 Å². The van der Waals surface area contributed by atoms with Crippen LogP contribution in [-0.2, 0) is 19.1 Å². The lowest BCUT2D eigenvalue weighted by Crippen LogP contribution is -2.09. The van der Waals surface area contributed by atoms with E-state index in [1.807, 2.05) is 0 Å². The van der Waals surface area contributed by atoms with Crippen molar-refractivity contribution in [3.05, 3.63) is 133 Å². The number of benzene rings is 4. The predicted molar refractivity (Wildman–Crippen MR) is 158 cm³/mol. The Balaban J connectivity index is 1.26. The van der Waals surface area contributed by atoms with E-state index in [1.165, 1.54) is 24.3 Å². The van der Waals surface area contributed by atoms with Crippen LogP contribution in [0.2, 0.25) is 0 Å². The monoisotopic (exact) mass is 594 g/mol. The lowest BCUT2D eigenvalue weighted by molar-refractivity contribution is -0.145. The second-order valence-electron chi connectivity index (χ2n) is 8.74. The van der Waals surface area contributed by atoms with Gasteiger partial charge in [-0.25, -0.2) is 19.2 Å². The van der Waals surface area contributed by atoms with Gasteiger partial charge in [0.25, 0.3) is 0 Å². The summed E-state index contributed by atoms with van der Waals surface area (Å²) in [5, 5.41) is 0. The summed E-state index contributed by atoms with van der Waals surface area (Å²) in [6, 6.07) is 26.2. The highest BCUT2D eigenvalue weighted by molar-refractivity contribution is 5.92. The molecule has 0 aliphatic rings. The summed E-state index contributed by atoms with van der Waals surface area (Å²) in [4.78, 5) is 47.2. The van der Waals surface area contributed by atoms with Crippen molar-refractivity contribution in [2.45, 2.75) is 0 Å². The Morgan fingerprint density at radius 1 is 0.477 bits per heavy atom. The van der Waals surface area contributed by atoms with Crippen LogP contribution in [-0.4, -0.2) is 37.5 Å². The molecule has 0 saturated carbocycles. The predicted octanol–water partition coefficient (Wildman–Crippen LogP) is 5.92. The first-order valence-corrected chi connectivity index (χ1v) is 13.0. The molecule has 222 valence electrons. The number of rotatable bonds is 13. The average molecular weight is 595 g/mol. The number of hydrogen-bond donors (Lipinski definition) is 0. The molecule has 4 rings (SSSR count).